The summed E-state index contributed by atoms with van der Waals surface area (Å²) in [6.07, 6.45) is 7.23. The molecule has 6 heteroatoms. The molecule has 1 unspecified atom stereocenters. The first-order valence-corrected chi connectivity index (χ1v) is 12.3. The number of anilines is 1. The fourth-order valence-electron chi connectivity index (χ4n) is 4.38. The minimum atomic E-state index is -0.139. The molecule has 0 radical (unpaired) electrons. The molecule has 0 saturated heterocycles. The molecular weight excluding hydrogens is 416 g/mol. The van der Waals surface area contributed by atoms with Crippen LogP contribution in [0, 0.1) is 12.8 Å². The van der Waals surface area contributed by atoms with Crippen molar-refractivity contribution >= 4 is 23.1 Å². The smallest absolute Gasteiger partial charge is 0.319 e. The molecule has 1 aliphatic rings. The molecule has 32 heavy (non-hydrogen) atoms. The quantitative estimate of drug-likeness (QED) is 0.455. The number of aromatic nitrogens is 1. The van der Waals surface area contributed by atoms with Crippen LogP contribution >= 0.6 is 11.3 Å². The average Bonchev–Trinajstić information content (AvgIpc) is 3.40. The van der Waals surface area contributed by atoms with Gasteiger partial charge in [-0.2, -0.15) is 0 Å². The average molecular weight is 451 g/mol. The number of urea groups is 1. The standard InChI is InChI=1S/C26H34N4OS/c1-18(2)11-12-22(28-26(31)27-21-10-6-5-9-19(21)3)24-20-13-16-29(4)17-23(20)32-25(24)30-14-7-8-15-30/h5-10,14-15,18,22H,11-13,16-17H2,1-4H3,(H2,27,28,31). The van der Waals surface area contributed by atoms with Crippen molar-refractivity contribution in [2.24, 2.45) is 5.92 Å². The molecule has 1 aromatic carbocycles. The van der Waals surface area contributed by atoms with Crippen LogP contribution in [0.25, 0.3) is 5.00 Å². The summed E-state index contributed by atoms with van der Waals surface area (Å²) in [5, 5.41) is 7.65. The molecule has 4 rings (SSSR count). The number of hydrogen-bond acceptors (Lipinski definition) is 3. The van der Waals surface area contributed by atoms with E-state index in [0.717, 1.165) is 43.6 Å². The zero-order valence-corrected chi connectivity index (χ0v) is 20.3. The van der Waals surface area contributed by atoms with Gasteiger partial charge in [0.25, 0.3) is 0 Å². The topological polar surface area (TPSA) is 49.3 Å². The molecule has 1 atom stereocenters. The number of carbonyl (C=O) groups is 1. The highest BCUT2D eigenvalue weighted by Crippen LogP contribution is 2.40. The van der Waals surface area contributed by atoms with Gasteiger partial charge in [-0.05, 0) is 68.5 Å². The Morgan fingerprint density at radius 3 is 2.59 bits per heavy atom. The van der Waals surface area contributed by atoms with Crippen molar-refractivity contribution in [1.82, 2.24) is 14.8 Å². The minimum absolute atomic E-state index is 0.0257. The van der Waals surface area contributed by atoms with Crippen molar-refractivity contribution in [3.05, 3.63) is 70.4 Å². The van der Waals surface area contributed by atoms with E-state index in [-0.39, 0.29) is 12.1 Å². The van der Waals surface area contributed by atoms with Crippen molar-refractivity contribution in [3.63, 3.8) is 0 Å². The van der Waals surface area contributed by atoms with E-state index in [1.807, 2.05) is 42.5 Å². The van der Waals surface area contributed by atoms with Gasteiger partial charge in [-0.1, -0.05) is 32.0 Å². The summed E-state index contributed by atoms with van der Waals surface area (Å²) in [5.41, 5.74) is 4.65. The van der Waals surface area contributed by atoms with Gasteiger partial charge in [0.15, 0.2) is 0 Å². The molecule has 0 bridgehead atoms. The molecule has 2 aromatic heterocycles. The minimum Gasteiger partial charge on any atom is -0.331 e. The summed E-state index contributed by atoms with van der Waals surface area (Å²) < 4.78 is 2.21. The summed E-state index contributed by atoms with van der Waals surface area (Å²) in [6, 6.07) is 11.9. The molecule has 1 aliphatic heterocycles. The maximum Gasteiger partial charge on any atom is 0.319 e. The van der Waals surface area contributed by atoms with Gasteiger partial charge < -0.3 is 20.1 Å². The van der Waals surface area contributed by atoms with E-state index >= 15 is 0 Å². The number of likely N-dealkylation sites (N-methyl/N-ethyl adjacent to an activating group) is 1. The fourth-order valence-corrected chi connectivity index (χ4v) is 5.84. The third-order valence-electron chi connectivity index (χ3n) is 6.19. The Hall–Kier alpha value is -2.57. The number of rotatable bonds is 7. The van der Waals surface area contributed by atoms with Gasteiger partial charge in [-0.15, -0.1) is 11.3 Å². The number of nitrogens with zero attached hydrogens (tertiary/aromatic N) is 2. The van der Waals surface area contributed by atoms with Crippen LogP contribution in [0.2, 0.25) is 0 Å². The Bertz CT molecular complexity index is 1050. The molecule has 0 saturated carbocycles. The van der Waals surface area contributed by atoms with Crippen LogP contribution in [-0.4, -0.2) is 29.1 Å². The summed E-state index contributed by atoms with van der Waals surface area (Å²) in [6.45, 7) is 8.53. The van der Waals surface area contributed by atoms with Gasteiger partial charge in [-0.25, -0.2) is 4.79 Å². The first kappa shape index (κ1) is 22.6. The van der Waals surface area contributed by atoms with Gasteiger partial charge in [-0.3, -0.25) is 0 Å². The van der Waals surface area contributed by atoms with Crippen LogP contribution in [0.4, 0.5) is 10.5 Å². The predicted octanol–water partition coefficient (Wildman–Crippen LogP) is 6.13. The number of carbonyl (C=O) groups excluding carboxylic acids is 1. The van der Waals surface area contributed by atoms with Gasteiger partial charge in [0.2, 0.25) is 0 Å². The summed E-state index contributed by atoms with van der Waals surface area (Å²) in [5.74, 6) is 0.578. The van der Waals surface area contributed by atoms with Crippen LogP contribution in [0.3, 0.4) is 0 Å². The number of para-hydroxylation sites is 1. The third kappa shape index (κ3) is 5.08. The lowest BCUT2D eigenvalue weighted by Gasteiger charge is -2.26. The second kappa shape index (κ2) is 9.92. The lowest BCUT2D eigenvalue weighted by atomic mass is 9.92. The molecule has 0 fully saturated rings. The van der Waals surface area contributed by atoms with Gasteiger partial charge in [0, 0.05) is 41.6 Å². The number of thiophene rings is 1. The number of fused-ring (bicyclic) bond motifs is 1. The summed E-state index contributed by atoms with van der Waals surface area (Å²) in [7, 11) is 2.18. The SMILES string of the molecule is Cc1ccccc1NC(=O)NC(CCC(C)C)c1c(-n2cccc2)sc2c1CCN(C)C2. The Balaban J connectivity index is 1.68. The fraction of sp³-hybridized carbons (Fsp3) is 0.423. The zero-order chi connectivity index (χ0) is 22.7. The zero-order valence-electron chi connectivity index (χ0n) is 19.5. The number of benzene rings is 1. The van der Waals surface area contributed by atoms with Crippen LogP contribution < -0.4 is 10.6 Å². The van der Waals surface area contributed by atoms with Crippen molar-refractivity contribution in [2.45, 2.75) is 52.6 Å². The second-order valence-electron chi connectivity index (χ2n) is 9.24. The van der Waals surface area contributed by atoms with E-state index in [1.54, 1.807) is 0 Å². The highest BCUT2D eigenvalue weighted by Gasteiger charge is 2.29. The number of amides is 2. The van der Waals surface area contributed by atoms with Gasteiger partial charge >= 0.3 is 6.03 Å². The van der Waals surface area contributed by atoms with Crippen molar-refractivity contribution in [3.8, 4) is 5.00 Å². The van der Waals surface area contributed by atoms with Crippen LogP contribution in [0.5, 0.6) is 0 Å². The first-order chi connectivity index (χ1) is 15.4. The lowest BCUT2D eigenvalue weighted by molar-refractivity contribution is 0.247. The molecule has 170 valence electrons. The van der Waals surface area contributed by atoms with E-state index in [0.29, 0.717) is 5.92 Å². The maximum atomic E-state index is 13.1. The molecule has 3 aromatic rings. The Morgan fingerprint density at radius 2 is 1.88 bits per heavy atom. The highest BCUT2D eigenvalue weighted by atomic mass is 32.1. The molecule has 3 heterocycles. The third-order valence-corrected chi connectivity index (χ3v) is 7.43. The number of aryl methyl sites for hydroxylation is 1. The van der Waals surface area contributed by atoms with Crippen LogP contribution in [0.1, 0.15) is 54.3 Å². The number of nitrogens with one attached hydrogen (secondary N) is 2. The monoisotopic (exact) mass is 450 g/mol. The van der Waals surface area contributed by atoms with Crippen molar-refractivity contribution in [2.75, 3.05) is 18.9 Å². The molecular formula is C26H34N4OS. The molecule has 2 amide bonds. The normalized spacial score (nSPS) is 14.9. The lowest BCUT2D eigenvalue weighted by Crippen LogP contribution is -2.34. The van der Waals surface area contributed by atoms with Gasteiger partial charge in [0.1, 0.15) is 5.00 Å². The van der Waals surface area contributed by atoms with E-state index in [2.05, 4.69) is 65.5 Å². The molecule has 0 aliphatic carbocycles. The molecule has 0 spiro atoms. The predicted molar refractivity (Wildman–Crippen MR) is 134 cm³/mol. The van der Waals surface area contributed by atoms with Gasteiger partial charge in [0.05, 0.1) is 6.04 Å². The Kier molecular flexibility index (Phi) is 7.01. The van der Waals surface area contributed by atoms with E-state index in [1.165, 1.54) is 21.0 Å². The largest absolute Gasteiger partial charge is 0.331 e. The number of hydrogen-bond donors (Lipinski definition) is 2. The molecule has 2 N–H and O–H groups in total. The van der Waals surface area contributed by atoms with E-state index in [4.69, 9.17) is 0 Å². The van der Waals surface area contributed by atoms with Crippen LogP contribution in [-0.2, 0) is 13.0 Å². The summed E-state index contributed by atoms with van der Waals surface area (Å²) >= 11 is 1.87. The van der Waals surface area contributed by atoms with Crippen LogP contribution in [0.15, 0.2) is 48.8 Å². The highest BCUT2D eigenvalue weighted by molar-refractivity contribution is 7.15. The second-order valence-corrected chi connectivity index (χ2v) is 10.3. The Morgan fingerprint density at radius 1 is 1.12 bits per heavy atom. The maximum absolute atomic E-state index is 13.1. The first-order valence-electron chi connectivity index (χ1n) is 11.5. The Labute approximate surface area is 195 Å². The van der Waals surface area contributed by atoms with Crippen molar-refractivity contribution < 1.29 is 4.79 Å². The van der Waals surface area contributed by atoms with E-state index in [9.17, 15) is 4.79 Å². The molecule has 5 nitrogen and oxygen atoms in total. The summed E-state index contributed by atoms with van der Waals surface area (Å²) in [4.78, 5) is 16.9. The van der Waals surface area contributed by atoms with E-state index < -0.39 is 0 Å². The van der Waals surface area contributed by atoms with Crippen molar-refractivity contribution in [1.29, 1.82) is 0 Å².